The van der Waals surface area contributed by atoms with Gasteiger partial charge in [-0.3, -0.25) is 9.59 Å². The zero-order valence-electron chi connectivity index (χ0n) is 10.7. The van der Waals surface area contributed by atoms with E-state index in [9.17, 15) is 9.59 Å². The first-order chi connectivity index (χ1) is 7.32. The number of amides is 2. The van der Waals surface area contributed by atoms with Crippen LogP contribution in [-0.2, 0) is 9.59 Å². The summed E-state index contributed by atoms with van der Waals surface area (Å²) < 4.78 is 0. The lowest BCUT2D eigenvalue weighted by Gasteiger charge is -2.24. The number of hydrogen-bond acceptors (Lipinski definition) is 2. The molecule has 0 saturated carbocycles. The van der Waals surface area contributed by atoms with E-state index < -0.39 is 11.5 Å². The molecule has 0 aromatic heterocycles. The predicted octanol–water partition coefficient (Wildman–Crippen LogP) is 1.16. The number of rotatable bonds is 2. The van der Waals surface area contributed by atoms with E-state index in [-0.39, 0.29) is 11.8 Å². The highest BCUT2D eigenvalue weighted by Gasteiger charge is 2.28. The van der Waals surface area contributed by atoms with Crippen LogP contribution in [0.25, 0.3) is 0 Å². The predicted molar refractivity (Wildman–Crippen MR) is 62.9 cm³/mol. The monoisotopic (exact) mass is 226 g/mol. The van der Waals surface area contributed by atoms with E-state index in [1.807, 2.05) is 25.7 Å². The number of carbonyl (C=O) groups excluding carboxylic acids is 2. The fourth-order valence-electron chi connectivity index (χ4n) is 1.69. The summed E-state index contributed by atoms with van der Waals surface area (Å²) in [7, 11) is 0. The largest absolute Gasteiger partial charge is 0.344 e. The van der Waals surface area contributed by atoms with Gasteiger partial charge in [-0.25, -0.2) is 0 Å². The van der Waals surface area contributed by atoms with Gasteiger partial charge in [0.05, 0.1) is 0 Å². The summed E-state index contributed by atoms with van der Waals surface area (Å²) in [6.07, 6.45) is 2.15. The van der Waals surface area contributed by atoms with Gasteiger partial charge >= 0.3 is 0 Å². The molecule has 1 heterocycles. The molecule has 0 aliphatic carbocycles. The van der Waals surface area contributed by atoms with Crippen molar-refractivity contribution in [3.8, 4) is 0 Å². The lowest BCUT2D eigenvalue weighted by molar-refractivity contribution is -0.137. The van der Waals surface area contributed by atoms with Gasteiger partial charge < -0.3 is 10.2 Å². The second kappa shape index (κ2) is 4.85. The molecule has 1 fully saturated rings. The zero-order valence-corrected chi connectivity index (χ0v) is 10.7. The molecule has 0 unspecified atom stereocenters. The molecule has 1 N–H and O–H groups in total. The van der Waals surface area contributed by atoms with Crippen LogP contribution in [0.5, 0.6) is 0 Å². The maximum absolute atomic E-state index is 11.9. The summed E-state index contributed by atoms with van der Waals surface area (Å²) in [4.78, 5) is 25.5. The van der Waals surface area contributed by atoms with E-state index >= 15 is 0 Å². The summed E-state index contributed by atoms with van der Waals surface area (Å²) in [5, 5.41) is 2.77. The Morgan fingerprint density at radius 2 is 1.69 bits per heavy atom. The van der Waals surface area contributed by atoms with Crippen LogP contribution in [0.1, 0.15) is 40.5 Å². The van der Waals surface area contributed by atoms with Crippen LogP contribution in [0.15, 0.2) is 0 Å². The number of hydrogen-bond donors (Lipinski definition) is 1. The Kier molecular flexibility index (Phi) is 3.94. The SMILES string of the molecule is C[C@@H](NC(=O)C(C)(C)C)C(=O)N1CCCC1. The Labute approximate surface area is 97.4 Å². The fourth-order valence-corrected chi connectivity index (χ4v) is 1.69. The van der Waals surface area contributed by atoms with E-state index in [1.54, 1.807) is 6.92 Å². The standard InChI is InChI=1S/C12H22N2O2/c1-9(13-11(16)12(2,3)4)10(15)14-7-5-6-8-14/h9H,5-8H2,1-4H3,(H,13,16)/t9-/m1/s1. The van der Waals surface area contributed by atoms with E-state index in [1.165, 1.54) is 0 Å². The Morgan fingerprint density at radius 3 is 2.12 bits per heavy atom. The summed E-state index contributed by atoms with van der Waals surface area (Å²) >= 11 is 0. The first-order valence-corrected chi connectivity index (χ1v) is 5.92. The van der Waals surface area contributed by atoms with Crippen LogP contribution >= 0.6 is 0 Å². The van der Waals surface area contributed by atoms with E-state index in [0.29, 0.717) is 0 Å². The quantitative estimate of drug-likeness (QED) is 0.768. The third kappa shape index (κ3) is 3.22. The Balaban J connectivity index is 2.48. The van der Waals surface area contributed by atoms with Crippen molar-refractivity contribution in [1.82, 2.24) is 10.2 Å². The molecule has 1 aliphatic rings. The van der Waals surface area contributed by atoms with Crippen LogP contribution in [-0.4, -0.2) is 35.8 Å². The molecule has 0 radical (unpaired) electrons. The third-order valence-corrected chi connectivity index (χ3v) is 2.82. The molecule has 0 bridgehead atoms. The van der Waals surface area contributed by atoms with Gasteiger partial charge in [-0.1, -0.05) is 20.8 Å². The minimum Gasteiger partial charge on any atom is -0.344 e. The lowest BCUT2D eigenvalue weighted by Crippen LogP contribution is -2.48. The molecule has 1 rings (SSSR count). The minimum atomic E-state index is -0.445. The Bertz CT molecular complexity index is 275. The molecular formula is C12H22N2O2. The Morgan fingerprint density at radius 1 is 1.19 bits per heavy atom. The summed E-state index contributed by atoms with van der Waals surface area (Å²) in [5.74, 6) is -0.0392. The summed E-state index contributed by atoms with van der Waals surface area (Å²) in [6, 6.07) is -0.412. The van der Waals surface area contributed by atoms with Gasteiger partial charge in [-0.15, -0.1) is 0 Å². The number of likely N-dealkylation sites (tertiary alicyclic amines) is 1. The fraction of sp³-hybridized carbons (Fsp3) is 0.833. The molecule has 1 aliphatic heterocycles. The second-order valence-electron chi connectivity index (χ2n) is 5.48. The molecule has 92 valence electrons. The highest BCUT2D eigenvalue weighted by atomic mass is 16.2. The average molecular weight is 226 g/mol. The van der Waals surface area contributed by atoms with Crippen molar-refractivity contribution >= 4 is 11.8 Å². The first-order valence-electron chi connectivity index (χ1n) is 5.92. The van der Waals surface area contributed by atoms with Crippen molar-refractivity contribution < 1.29 is 9.59 Å². The molecule has 0 spiro atoms. The summed E-state index contributed by atoms with van der Waals surface area (Å²) in [6.45, 7) is 8.94. The van der Waals surface area contributed by atoms with Crippen molar-refractivity contribution in [3.05, 3.63) is 0 Å². The normalized spacial score (nSPS) is 18.4. The minimum absolute atomic E-state index is 0.0371. The average Bonchev–Trinajstić information content (AvgIpc) is 2.67. The van der Waals surface area contributed by atoms with Gasteiger partial charge in [0, 0.05) is 18.5 Å². The van der Waals surface area contributed by atoms with Crippen molar-refractivity contribution in [2.24, 2.45) is 5.41 Å². The number of nitrogens with one attached hydrogen (secondary N) is 1. The van der Waals surface area contributed by atoms with Crippen molar-refractivity contribution in [2.75, 3.05) is 13.1 Å². The maximum atomic E-state index is 11.9. The maximum Gasteiger partial charge on any atom is 0.244 e. The van der Waals surface area contributed by atoms with Crippen LogP contribution in [0.3, 0.4) is 0 Å². The zero-order chi connectivity index (χ0) is 12.3. The Hall–Kier alpha value is -1.06. The number of carbonyl (C=O) groups is 2. The second-order valence-corrected chi connectivity index (χ2v) is 5.48. The van der Waals surface area contributed by atoms with Gasteiger partial charge in [0.15, 0.2) is 0 Å². The molecule has 4 heteroatoms. The van der Waals surface area contributed by atoms with E-state index in [0.717, 1.165) is 25.9 Å². The van der Waals surface area contributed by atoms with E-state index in [2.05, 4.69) is 5.32 Å². The highest BCUT2D eigenvalue weighted by Crippen LogP contribution is 2.14. The van der Waals surface area contributed by atoms with Gasteiger partial charge in [0.25, 0.3) is 0 Å². The van der Waals surface area contributed by atoms with Crippen molar-refractivity contribution in [1.29, 1.82) is 0 Å². The molecule has 16 heavy (non-hydrogen) atoms. The molecule has 1 saturated heterocycles. The molecule has 2 amide bonds. The van der Waals surface area contributed by atoms with Gasteiger partial charge in [0.2, 0.25) is 11.8 Å². The van der Waals surface area contributed by atoms with Crippen molar-refractivity contribution in [3.63, 3.8) is 0 Å². The van der Waals surface area contributed by atoms with Crippen LogP contribution in [0, 0.1) is 5.41 Å². The topological polar surface area (TPSA) is 49.4 Å². The number of nitrogens with zero attached hydrogens (tertiary/aromatic N) is 1. The first kappa shape index (κ1) is 13.0. The van der Waals surface area contributed by atoms with Crippen molar-refractivity contribution in [2.45, 2.75) is 46.6 Å². The van der Waals surface area contributed by atoms with Gasteiger partial charge in [0.1, 0.15) is 6.04 Å². The van der Waals surface area contributed by atoms with Gasteiger partial charge in [-0.2, -0.15) is 0 Å². The molecule has 0 aromatic carbocycles. The summed E-state index contributed by atoms with van der Waals surface area (Å²) in [5.41, 5.74) is -0.445. The molecule has 1 atom stereocenters. The molecule has 0 aromatic rings. The van der Waals surface area contributed by atoms with E-state index in [4.69, 9.17) is 0 Å². The van der Waals surface area contributed by atoms with Crippen LogP contribution in [0.4, 0.5) is 0 Å². The molecular weight excluding hydrogens is 204 g/mol. The highest BCUT2D eigenvalue weighted by molar-refractivity contribution is 5.89. The van der Waals surface area contributed by atoms with Crippen LogP contribution in [0.2, 0.25) is 0 Å². The van der Waals surface area contributed by atoms with Crippen LogP contribution < -0.4 is 5.32 Å². The molecule has 4 nitrogen and oxygen atoms in total. The van der Waals surface area contributed by atoms with Gasteiger partial charge in [-0.05, 0) is 19.8 Å². The smallest absolute Gasteiger partial charge is 0.244 e. The third-order valence-electron chi connectivity index (χ3n) is 2.82. The lowest BCUT2D eigenvalue weighted by atomic mass is 9.95.